The zero-order valence-corrected chi connectivity index (χ0v) is 11.1. The van der Waals surface area contributed by atoms with Gasteiger partial charge in [0.25, 0.3) is 0 Å². The van der Waals surface area contributed by atoms with Crippen LogP contribution in [0, 0.1) is 20.8 Å². The number of nitrogens with zero attached hydrogens (tertiary/aromatic N) is 2. The Hall–Kier alpha value is -2.10. The summed E-state index contributed by atoms with van der Waals surface area (Å²) in [7, 11) is 1.67. The van der Waals surface area contributed by atoms with E-state index in [0.29, 0.717) is 0 Å². The third-order valence-electron chi connectivity index (χ3n) is 2.76. The lowest BCUT2D eigenvalue weighted by Gasteiger charge is -2.11. The van der Waals surface area contributed by atoms with Gasteiger partial charge in [-0.05, 0) is 32.4 Å². The fourth-order valence-corrected chi connectivity index (χ4v) is 1.69. The minimum Gasteiger partial charge on any atom is -0.496 e. The quantitative estimate of drug-likeness (QED) is 0.899. The van der Waals surface area contributed by atoms with Crippen molar-refractivity contribution in [1.82, 2.24) is 9.97 Å². The van der Waals surface area contributed by atoms with Crippen LogP contribution in [-0.2, 0) is 0 Å². The van der Waals surface area contributed by atoms with Crippen molar-refractivity contribution >= 4 is 11.5 Å². The summed E-state index contributed by atoms with van der Waals surface area (Å²) in [5.74, 6) is 2.44. The average molecular weight is 243 g/mol. The highest BCUT2D eigenvalue weighted by atomic mass is 16.5. The van der Waals surface area contributed by atoms with E-state index in [4.69, 9.17) is 4.74 Å². The second kappa shape index (κ2) is 5.04. The van der Waals surface area contributed by atoms with Crippen LogP contribution in [0.1, 0.15) is 17.0 Å². The Morgan fingerprint density at radius 3 is 2.61 bits per heavy atom. The van der Waals surface area contributed by atoms with Gasteiger partial charge in [0.1, 0.15) is 17.4 Å². The lowest BCUT2D eigenvalue weighted by Crippen LogP contribution is -2.00. The SMILES string of the molecule is COc1cc(Nc2nc(C)ncc2C)ccc1C. The first-order valence-corrected chi connectivity index (χ1v) is 5.82. The minimum absolute atomic E-state index is 0.752. The van der Waals surface area contributed by atoms with E-state index in [9.17, 15) is 0 Å². The molecule has 0 atom stereocenters. The van der Waals surface area contributed by atoms with E-state index in [1.54, 1.807) is 7.11 Å². The van der Waals surface area contributed by atoms with Crippen LogP contribution < -0.4 is 10.1 Å². The summed E-state index contributed by atoms with van der Waals surface area (Å²) in [6.07, 6.45) is 1.82. The first kappa shape index (κ1) is 12.4. The first-order chi connectivity index (χ1) is 8.60. The molecule has 0 aliphatic heterocycles. The van der Waals surface area contributed by atoms with Crippen molar-refractivity contribution in [3.63, 3.8) is 0 Å². The molecule has 0 aliphatic rings. The molecular formula is C14H17N3O. The van der Waals surface area contributed by atoms with Crippen LogP contribution in [0.5, 0.6) is 5.75 Å². The number of hydrogen-bond donors (Lipinski definition) is 1. The molecule has 2 rings (SSSR count). The van der Waals surface area contributed by atoms with Crippen molar-refractivity contribution in [2.24, 2.45) is 0 Å². The number of hydrogen-bond acceptors (Lipinski definition) is 4. The van der Waals surface area contributed by atoms with Gasteiger partial charge in [-0.3, -0.25) is 0 Å². The Labute approximate surface area is 107 Å². The molecule has 0 saturated carbocycles. The molecule has 0 unspecified atom stereocenters. The summed E-state index contributed by atoms with van der Waals surface area (Å²) in [6, 6.07) is 5.99. The van der Waals surface area contributed by atoms with Crippen LogP contribution in [-0.4, -0.2) is 17.1 Å². The number of aryl methyl sites for hydroxylation is 3. The lowest BCUT2D eigenvalue weighted by atomic mass is 10.2. The number of rotatable bonds is 3. The van der Waals surface area contributed by atoms with E-state index in [1.165, 1.54) is 0 Å². The smallest absolute Gasteiger partial charge is 0.136 e. The molecule has 0 fully saturated rings. The number of anilines is 2. The van der Waals surface area contributed by atoms with Crippen molar-refractivity contribution in [2.75, 3.05) is 12.4 Å². The van der Waals surface area contributed by atoms with Gasteiger partial charge in [0.2, 0.25) is 0 Å². The molecule has 0 spiro atoms. The third-order valence-corrected chi connectivity index (χ3v) is 2.76. The Balaban J connectivity index is 2.31. The topological polar surface area (TPSA) is 47.0 Å². The number of ether oxygens (including phenoxy) is 1. The predicted octanol–water partition coefficient (Wildman–Crippen LogP) is 3.15. The van der Waals surface area contributed by atoms with Gasteiger partial charge < -0.3 is 10.1 Å². The molecule has 0 radical (unpaired) electrons. The molecule has 1 aromatic heterocycles. The highest BCUT2D eigenvalue weighted by molar-refractivity contribution is 5.61. The van der Waals surface area contributed by atoms with Gasteiger partial charge in [0.05, 0.1) is 7.11 Å². The van der Waals surface area contributed by atoms with E-state index in [1.807, 2.05) is 45.2 Å². The Morgan fingerprint density at radius 2 is 1.89 bits per heavy atom. The fourth-order valence-electron chi connectivity index (χ4n) is 1.69. The molecule has 1 heterocycles. The van der Waals surface area contributed by atoms with E-state index in [-0.39, 0.29) is 0 Å². The molecule has 0 aliphatic carbocycles. The average Bonchev–Trinajstić information content (AvgIpc) is 2.36. The number of benzene rings is 1. The van der Waals surface area contributed by atoms with Crippen molar-refractivity contribution in [3.05, 3.63) is 41.3 Å². The number of nitrogens with one attached hydrogen (secondary N) is 1. The van der Waals surface area contributed by atoms with Crippen molar-refractivity contribution < 1.29 is 4.74 Å². The number of methoxy groups -OCH3 is 1. The summed E-state index contributed by atoms with van der Waals surface area (Å²) in [5.41, 5.74) is 3.08. The van der Waals surface area contributed by atoms with E-state index in [2.05, 4.69) is 15.3 Å². The predicted molar refractivity (Wildman–Crippen MR) is 72.5 cm³/mol. The molecule has 4 heteroatoms. The van der Waals surface area contributed by atoms with Gasteiger partial charge in [0.15, 0.2) is 0 Å². The molecule has 2 aromatic rings. The van der Waals surface area contributed by atoms with Crippen LogP contribution >= 0.6 is 0 Å². The molecule has 94 valence electrons. The van der Waals surface area contributed by atoms with Gasteiger partial charge in [0, 0.05) is 23.5 Å². The second-order valence-corrected chi connectivity index (χ2v) is 4.26. The summed E-state index contributed by atoms with van der Waals surface area (Å²) >= 11 is 0. The maximum absolute atomic E-state index is 5.30. The Kier molecular flexibility index (Phi) is 3.46. The minimum atomic E-state index is 0.752. The third kappa shape index (κ3) is 2.59. The van der Waals surface area contributed by atoms with Crippen LogP contribution in [0.4, 0.5) is 11.5 Å². The summed E-state index contributed by atoms with van der Waals surface area (Å²) < 4.78 is 5.30. The van der Waals surface area contributed by atoms with Gasteiger partial charge in [-0.1, -0.05) is 6.07 Å². The molecule has 4 nitrogen and oxygen atoms in total. The fraction of sp³-hybridized carbons (Fsp3) is 0.286. The summed E-state index contributed by atoms with van der Waals surface area (Å²) in [5, 5.41) is 3.28. The highest BCUT2D eigenvalue weighted by Crippen LogP contribution is 2.25. The summed E-state index contributed by atoms with van der Waals surface area (Å²) in [6.45, 7) is 5.87. The van der Waals surface area contributed by atoms with Crippen LogP contribution in [0.2, 0.25) is 0 Å². The Morgan fingerprint density at radius 1 is 1.11 bits per heavy atom. The highest BCUT2D eigenvalue weighted by Gasteiger charge is 2.04. The van der Waals surface area contributed by atoms with Crippen molar-refractivity contribution in [1.29, 1.82) is 0 Å². The zero-order chi connectivity index (χ0) is 13.1. The molecule has 0 saturated heterocycles. The van der Waals surface area contributed by atoms with Crippen LogP contribution in [0.25, 0.3) is 0 Å². The maximum atomic E-state index is 5.30. The van der Waals surface area contributed by atoms with E-state index < -0.39 is 0 Å². The Bertz CT molecular complexity index is 567. The molecule has 1 N–H and O–H groups in total. The van der Waals surface area contributed by atoms with Gasteiger partial charge in [-0.25, -0.2) is 9.97 Å². The van der Waals surface area contributed by atoms with Gasteiger partial charge in [-0.2, -0.15) is 0 Å². The number of aromatic nitrogens is 2. The first-order valence-electron chi connectivity index (χ1n) is 5.82. The standard InChI is InChI=1S/C14H17N3O/c1-9-5-6-12(7-13(9)18-4)17-14-10(2)8-15-11(3)16-14/h5-8H,1-4H3,(H,15,16,17). The zero-order valence-electron chi connectivity index (χ0n) is 11.1. The van der Waals surface area contributed by atoms with E-state index >= 15 is 0 Å². The molecule has 0 amide bonds. The van der Waals surface area contributed by atoms with Crippen molar-refractivity contribution in [2.45, 2.75) is 20.8 Å². The maximum Gasteiger partial charge on any atom is 0.136 e. The molecule has 1 aromatic carbocycles. The molecule has 18 heavy (non-hydrogen) atoms. The van der Waals surface area contributed by atoms with Crippen LogP contribution in [0.15, 0.2) is 24.4 Å². The molecular weight excluding hydrogens is 226 g/mol. The largest absolute Gasteiger partial charge is 0.496 e. The van der Waals surface area contributed by atoms with Crippen LogP contribution in [0.3, 0.4) is 0 Å². The van der Waals surface area contributed by atoms with Gasteiger partial charge in [-0.15, -0.1) is 0 Å². The molecule has 0 bridgehead atoms. The monoisotopic (exact) mass is 243 g/mol. The van der Waals surface area contributed by atoms with Crippen molar-refractivity contribution in [3.8, 4) is 5.75 Å². The lowest BCUT2D eigenvalue weighted by molar-refractivity contribution is 0.412. The summed E-state index contributed by atoms with van der Waals surface area (Å²) in [4.78, 5) is 8.54. The normalized spacial score (nSPS) is 10.2. The van der Waals surface area contributed by atoms with E-state index in [0.717, 1.165) is 34.2 Å². The van der Waals surface area contributed by atoms with Gasteiger partial charge >= 0.3 is 0 Å². The second-order valence-electron chi connectivity index (χ2n) is 4.26.